The standard InChI is InChI=1S/C12H19N3O/c1-4-12(2,3)11(16)15-10-6-5-9(7-13)8-14-10/h5-6,8H,4,7,13H2,1-3H3,(H,14,15,16). The van der Waals surface area contributed by atoms with Gasteiger partial charge in [0.05, 0.1) is 0 Å². The predicted octanol–water partition coefficient (Wildman–Crippen LogP) is 1.91. The van der Waals surface area contributed by atoms with Crippen molar-refractivity contribution in [3.63, 3.8) is 0 Å². The topological polar surface area (TPSA) is 68.0 Å². The number of amides is 1. The van der Waals surface area contributed by atoms with Gasteiger partial charge in [0.25, 0.3) is 0 Å². The fraction of sp³-hybridized carbons (Fsp3) is 0.500. The molecule has 3 N–H and O–H groups in total. The van der Waals surface area contributed by atoms with Gasteiger partial charge >= 0.3 is 0 Å². The summed E-state index contributed by atoms with van der Waals surface area (Å²) in [4.78, 5) is 16.0. The second-order valence-corrected chi connectivity index (χ2v) is 4.45. The molecule has 1 aromatic rings. The molecule has 0 saturated heterocycles. The van der Waals surface area contributed by atoms with Gasteiger partial charge in [0.15, 0.2) is 0 Å². The number of aromatic nitrogens is 1. The van der Waals surface area contributed by atoms with Crippen LogP contribution in [-0.2, 0) is 11.3 Å². The number of nitrogens with one attached hydrogen (secondary N) is 1. The number of pyridine rings is 1. The Morgan fingerprint density at radius 2 is 2.19 bits per heavy atom. The summed E-state index contributed by atoms with van der Waals surface area (Å²) in [6, 6.07) is 3.63. The van der Waals surface area contributed by atoms with E-state index in [4.69, 9.17) is 5.73 Å². The van der Waals surface area contributed by atoms with E-state index in [1.54, 1.807) is 12.3 Å². The zero-order valence-corrected chi connectivity index (χ0v) is 10.1. The fourth-order valence-electron chi connectivity index (χ4n) is 1.07. The lowest BCUT2D eigenvalue weighted by Crippen LogP contribution is -2.30. The van der Waals surface area contributed by atoms with Gasteiger partial charge in [-0.2, -0.15) is 0 Å². The Bertz CT molecular complexity index is 357. The number of anilines is 1. The molecule has 88 valence electrons. The molecule has 0 fully saturated rings. The van der Waals surface area contributed by atoms with E-state index in [1.807, 2.05) is 26.8 Å². The first-order chi connectivity index (χ1) is 7.49. The zero-order chi connectivity index (χ0) is 12.2. The van der Waals surface area contributed by atoms with Crippen molar-refractivity contribution in [2.24, 2.45) is 11.1 Å². The van der Waals surface area contributed by atoms with Crippen LogP contribution in [-0.4, -0.2) is 10.9 Å². The van der Waals surface area contributed by atoms with Crippen molar-refractivity contribution < 1.29 is 4.79 Å². The maximum absolute atomic E-state index is 11.8. The summed E-state index contributed by atoms with van der Waals surface area (Å²) in [7, 11) is 0. The SMILES string of the molecule is CCC(C)(C)C(=O)Nc1ccc(CN)cn1. The highest BCUT2D eigenvalue weighted by Gasteiger charge is 2.25. The van der Waals surface area contributed by atoms with E-state index in [1.165, 1.54) is 0 Å². The first-order valence-corrected chi connectivity index (χ1v) is 5.46. The third-order valence-electron chi connectivity index (χ3n) is 2.80. The fourth-order valence-corrected chi connectivity index (χ4v) is 1.07. The molecule has 1 rings (SSSR count). The lowest BCUT2D eigenvalue weighted by atomic mass is 9.89. The summed E-state index contributed by atoms with van der Waals surface area (Å²) in [5.74, 6) is 0.562. The summed E-state index contributed by atoms with van der Waals surface area (Å²) in [6.45, 7) is 6.28. The third kappa shape index (κ3) is 3.03. The molecule has 16 heavy (non-hydrogen) atoms. The van der Waals surface area contributed by atoms with Crippen molar-refractivity contribution >= 4 is 11.7 Å². The summed E-state index contributed by atoms with van der Waals surface area (Å²) >= 11 is 0. The van der Waals surface area contributed by atoms with E-state index in [0.29, 0.717) is 12.4 Å². The van der Waals surface area contributed by atoms with Crippen LogP contribution in [0.5, 0.6) is 0 Å². The van der Waals surface area contributed by atoms with Gasteiger partial charge in [0.1, 0.15) is 5.82 Å². The summed E-state index contributed by atoms with van der Waals surface area (Å²) in [5.41, 5.74) is 6.05. The van der Waals surface area contributed by atoms with E-state index < -0.39 is 0 Å². The highest BCUT2D eigenvalue weighted by molar-refractivity contribution is 5.93. The van der Waals surface area contributed by atoms with Crippen LogP contribution in [0.3, 0.4) is 0 Å². The highest BCUT2D eigenvalue weighted by Crippen LogP contribution is 2.21. The summed E-state index contributed by atoms with van der Waals surface area (Å²) in [5, 5.41) is 2.79. The maximum Gasteiger partial charge on any atom is 0.231 e. The van der Waals surface area contributed by atoms with E-state index in [-0.39, 0.29) is 11.3 Å². The quantitative estimate of drug-likeness (QED) is 0.816. The molecule has 0 radical (unpaired) electrons. The molecule has 0 atom stereocenters. The van der Waals surface area contributed by atoms with Crippen molar-refractivity contribution in [3.05, 3.63) is 23.9 Å². The number of carbonyl (C=O) groups is 1. The van der Waals surface area contributed by atoms with E-state index in [2.05, 4.69) is 10.3 Å². The highest BCUT2D eigenvalue weighted by atomic mass is 16.2. The van der Waals surface area contributed by atoms with Crippen LogP contribution in [0.2, 0.25) is 0 Å². The molecule has 0 aliphatic heterocycles. The van der Waals surface area contributed by atoms with Crippen LogP contribution >= 0.6 is 0 Å². The molecule has 0 saturated carbocycles. The molecule has 0 aromatic carbocycles. The van der Waals surface area contributed by atoms with Crippen LogP contribution in [0.25, 0.3) is 0 Å². The number of carbonyl (C=O) groups excluding carboxylic acids is 1. The van der Waals surface area contributed by atoms with Gasteiger partial charge in [-0.3, -0.25) is 4.79 Å². The number of nitrogens with zero attached hydrogens (tertiary/aromatic N) is 1. The van der Waals surface area contributed by atoms with E-state index in [0.717, 1.165) is 12.0 Å². The van der Waals surface area contributed by atoms with Crippen LogP contribution < -0.4 is 11.1 Å². The van der Waals surface area contributed by atoms with E-state index in [9.17, 15) is 4.79 Å². The second-order valence-electron chi connectivity index (χ2n) is 4.45. The molecule has 4 heteroatoms. The normalized spacial score (nSPS) is 11.2. The number of nitrogens with two attached hydrogens (primary N) is 1. The molecule has 1 heterocycles. The molecular formula is C12H19N3O. The Kier molecular flexibility index (Phi) is 4.01. The Hall–Kier alpha value is -1.42. The Morgan fingerprint density at radius 1 is 1.50 bits per heavy atom. The molecule has 0 aliphatic carbocycles. The average molecular weight is 221 g/mol. The van der Waals surface area contributed by atoms with Gasteiger partial charge in [-0.15, -0.1) is 0 Å². The monoisotopic (exact) mass is 221 g/mol. The predicted molar refractivity (Wildman–Crippen MR) is 64.8 cm³/mol. The van der Waals surface area contributed by atoms with Gasteiger partial charge in [0.2, 0.25) is 5.91 Å². The molecule has 4 nitrogen and oxygen atoms in total. The van der Waals surface area contributed by atoms with Gasteiger partial charge in [-0.1, -0.05) is 26.8 Å². The Labute approximate surface area is 96.3 Å². The molecule has 0 aliphatic rings. The van der Waals surface area contributed by atoms with Crippen molar-refractivity contribution in [1.29, 1.82) is 0 Å². The molecule has 1 aromatic heterocycles. The largest absolute Gasteiger partial charge is 0.326 e. The Morgan fingerprint density at radius 3 is 2.62 bits per heavy atom. The van der Waals surface area contributed by atoms with Crippen LogP contribution in [0, 0.1) is 5.41 Å². The number of hydrogen-bond acceptors (Lipinski definition) is 3. The van der Waals surface area contributed by atoms with Gasteiger partial charge in [-0.05, 0) is 18.1 Å². The minimum atomic E-state index is -0.367. The van der Waals surface area contributed by atoms with Crippen molar-refractivity contribution in [3.8, 4) is 0 Å². The first-order valence-electron chi connectivity index (χ1n) is 5.46. The third-order valence-corrected chi connectivity index (χ3v) is 2.80. The molecule has 0 bridgehead atoms. The van der Waals surface area contributed by atoms with Crippen molar-refractivity contribution in [1.82, 2.24) is 4.98 Å². The lowest BCUT2D eigenvalue weighted by molar-refractivity contribution is -0.124. The van der Waals surface area contributed by atoms with Crippen molar-refractivity contribution in [2.45, 2.75) is 33.7 Å². The summed E-state index contributed by atoms with van der Waals surface area (Å²) < 4.78 is 0. The average Bonchev–Trinajstić information content (AvgIpc) is 2.30. The number of hydrogen-bond donors (Lipinski definition) is 2. The zero-order valence-electron chi connectivity index (χ0n) is 10.1. The van der Waals surface area contributed by atoms with Crippen LogP contribution in [0.1, 0.15) is 32.8 Å². The van der Waals surface area contributed by atoms with Crippen LogP contribution in [0.15, 0.2) is 18.3 Å². The maximum atomic E-state index is 11.8. The number of rotatable bonds is 4. The minimum absolute atomic E-state index is 0.0111. The lowest BCUT2D eigenvalue weighted by Gasteiger charge is -2.21. The smallest absolute Gasteiger partial charge is 0.231 e. The molecular weight excluding hydrogens is 202 g/mol. The summed E-state index contributed by atoms with van der Waals surface area (Å²) in [6.07, 6.45) is 2.47. The Balaban J connectivity index is 2.70. The van der Waals surface area contributed by atoms with Gasteiger partial charge in [0, 0.05) is 18.2 Å². The van der Waals surface area contributed by atoms with Crippen LogP contribution in [0.4, 0.5) is 5.82 Å². The van der Waals surface area contributed by atoms with Crippen molar-refractivity contribution in [2.75, 3.05) is 5.32 Å². The van der Waals surface area contributed by atoms with E-state index >= 15 is 0 Å². The second kappa shape index (κ2) is 5.07. The van der Waals surface area contributed by atoms with Gasteiger partial charge in [-0.25, -0.2) is 4.98 Å². The first kappa shape index (κ1) is 12.6. The molecule has 0 spiro atoms. The molecule has 0 unspecified atom stereocenters. The minimum Gasteiger partial charge on any atom is -0.326 e. The van der Waals surface area contributed by atoms with Gasteiger partial charge < -0.3 is 11.1 Å². The molecule has 1 amide bonds.